The maximum atomic E-state index is 10.2. The molecule has 0 unspecified atom stereocenters. The van der Waals surface area contributed by atoms with Gasteiger partial charge in [0.25, 0.3) is 0 Å². The quantitative estimate of drug-likeness (QED) is 0.216. The molecule has 1 rings (SSSR count). The topological polar surface area (TPSA) is 161 Å². The van der Waals surface area contributed by atoms with Crippen LogP contribution in [-0.4, -0.2) is 40.3 Å². The number of carboxylic acids is 1. The number of carbonyl (C=O) groups is 1. The number of guanidine groups is 2. The van der Waals surface area contributed by atoms with Crippen LogP contribution in [0.4, 0.5) is 0 Å². The third-order valence-electron chi connectivity index (χ3n) is 2.85. The van der Waals surface area contributed by atoms with Gasteiger partial charge in [0, 0.05) is 11.3 Å². The highest BCUT2D eigenvalue weighted by molar-refractivity contribution is 7.81. The van der Waals surface area contributed by atoms with E-state index < -0.39 is 16.8 Å². The lowest BCUT2D eigenvalue weighted by molar-refractivity contribution is -0.139. The largest absolute Gasteiger partial charge is 0.480 e. The molecule has 9 heteroatoms. The lowest BCUT2D eigenvalue weighted by Crippen LogP contribution is -2.45. The number of nitrogens with two attached hydrogens (primary N) is 2. The summed E-state index contributed by atoms with van der Waals surface area (Å²) >= 11 is 3.98. The lowest BCUT2D eigenvalue weighted by atomic mass is 10.1. The first-order chi connectivity index (χ1) is 11.0. The van der Waals surface area contributed by atoms with Crippen LogP contribution in [0.3, 0.4) is 0 Å². The van der Waals surface area contributed by atoms with E-state index in [1.54, 1.807) is 13.8 Å². The van der Waals surface area contributed by atoms with Crippen molar-refractivity contribution in [2.75, 3.05) is 6.54 Å². The molecule has 0 aliphatic heterocycles. The van der Waals surface area contributed by atoms with Crippen molar-refractivity contribution in [3.8, 4) is 0 Å². The molecule has 0 saturated heterocycles. The third-order valence-corrected chi connectivity index (χ3v) is 3.12. The Kier molecular flexibility index (Phi) is 9.51. The van der Waals surface area contributed by atoms with Crippen molar-refractivity contribution in [2.45, 2.75) is 31.1 Å². The summed E-state index contributed by atoms with van der Waals surface area (Å²) in [6.07, 6.45) is 0.836. The zero-order valence-electron chi connectivity index (χ0n) is 13.8. The van der Waals surface area contributed by atoms with E-state index in [2.05, 4.69) is 23.3 Å². The van der Waals surface area contributed by atoms with Crippen LogP contribution in [0.25, 0.3) is 0 Å². The summed E-state index contributed by atoms with van der Waals surface area (Å²) < 4.78 is -0.647. The van der Waals surface area contributed by atoms with Gasteiger partial charge in [0.15, 0.2) is 11.9 Å². The first kappa shape index (κ1) is 21.7. The molecule has 0 fully saturated rings. The van der Waals surface area contributed by atoms with Crippen molar-refractivity contribution in [3.05, 3.63) is 35.9 Å². The van der Waals surface area contributed by atoms with Crippen LogP contribution in [0.5, 0.6) is 0 Å². The molecule has 1 aromatic carbocycles. The fraction of sp³-hybridized carbons (Fsp3) is 0.400. The van der Waals surface area contributed by atoms with Gasteiger partial charge in [-0.15, -0.1) is 0 Å². The van der Waals surface area contributed by atoms with Crippen LogP contribution in [0.1, 0.15) is 19.4 Å². The Labute approximate surface area is 147 Å². The predicted octanol–water partition coefficient (Wildman–Crippen LogP) is 0.343. The minimum Gasteiger partial charge on any atom is -0.480 e. The molecule has 1 aromatic rings. The van der Waals surface area contributed by atoms with Gasteiger partial charge in [0.2, 0.25) is 0 Å². The molecule has 8 nitrogen and oxygen atoms in total. The highest BCUT2D eigenvalue weighted by atomic mass is 32.1. The molecule has 0 aliphatic carbocycles. The molecule has 0 radical (unpaired) electrons. The average molecular weight is 354 g/mol. The molecule has 9 N–H and O–H groups in total. The second-order valence-electron chi connectivity index (χ2n) is 5.55. The van der Waals surface area contributed by atoms with Gasteiger partial charge in [-0.05, 0) is 25.8 Å². The normalized spacial score (nSPS) is 11.5. The lowest BCUT2D eigenvalue weighted by Gasteiger charge is -2.21. The molecule has 1 atom stereocenters. The van der Waals surface area contributed by atoms with Crippen molar-refractivity contribution in [1.82, 2.24) is 10.6 Å². The van der Waals surface area contributed by atoms with E-state index in [9.17, 15) is 4.79 Å². The fourth-order valence-corrected chi connectivity index (χ4v) is 1.57. The summed E-state index contributed by atoms with van der Waals surface area (Å²) in [4.78, 5) is 10.2. The fourth-order valence-electron chi connectivity index (χ4n) is 1.46. The van der Waals surface area contributed by atoms with Crippen molar-refractivity contribution < 1.29 is 9.90 Å². The van der Waals surface area contributed by atoms with Crippen LogP contribution in [-0.2, 0) is 11.2 Å². The number of hydrogen-bond donors (Lipinski definition) is 8. The molecule has 0 aliphatic rings. The summed E-state index contributed by atoms with van der Waals surface area (Å²) in [5.41, 5.74) is 11.5. The third kappa shape index (κ3) is 10.5. The summed E-state index contributed by atoms with van der Waals surface area (Å²) in [5, 5.41) is 27.8. The molecule has 0 spiro atoms. The van der Waals surface area contributed by atoms with Gasteiger partial charge >= 0.3 is 5.97 Å². The van der Waals surface area contributed by atoms with E-state index in [1.807, 2.05) is 30.3 Å². The van der Waals surface area contributed by atoms with Gasteiger partial charge < -0.3 is 21.9 Å². The average Bonchev–Trinajstić information content (AvgIpc) is 2.46. The Morgan fingerprint density at radius 1 is 1.33 bits per heavy atom. The molecular weight excluding hydrogens is 328 g/mol. The first-order valence-corrected chi connectivity index (χ1v) is 7.67. The molecule has 24 heavy (non-hydrogen) atoms. The smallest absolute Gasteiger partial charge is 0.321 e. The van der Waals surface area contributed by atoms with Crippen LogP contribution >= 0.6 is 12.6 Å². The van der Waals surface area contributed by atoms with E-state index >= 15 is 0 Å². The van der Waals surface area contributed by atoms with E-state index in [0.29, 0.717) is 6.54 Å². The Morgan fingerprint density at radius 2 is 1.88 bits per heavy atom. The van der Waals surface area contributed by atoms with Crippen molar-refractivity contribution >= 4 is 30.5 Å². The van der Waals surface area contributed by atoms with Crippen molar-refractivity contribution in [2.24, 2.45) is 11.5 Å². The first-order valence-electron chi connectivity index (χ1n) is 7.22. The van der Waals surface area contributed by atoms with Crippen LogP contribution < -0.4 is 22.1 Å². The summed E-state index contributed by atoms with van der Waals surface area (Å²) in [7, 11) is 0. The summed E-state index contributed by atoms with van der Waals surface area (Å²) in [5.74, 6) is -1.19. The Hall–Kier alpha value is -2.26. The number of benzene rings is 1. The SMILES string of the molecule is CC(C)(S)[C@@H](N)C(=O)O.N=C(N)NC(=N)NCCc1ccccc1. The van der Waals surface area contributed by atoms with E-state index in [4.69, 9.17) is 27.4 Å². The van der Waals surface area contributed by atoms with E-state index in [0.717, 1.165) is 6.42 Å². The van der Waals surface area contributed by atoms with Gasteiger partial charge in [-0.25, -0.2) is 0 Å². The van der Waals surface area contributed by atoms with Gasteiger partial charge in [-0.1, -0.05) is 30.3 Å². The minimum absolute atomic E-state index is 0.0541. The van der Waals surface area contributed by atoms with E-state index in [-0.39, 0.29) is 11.9 Å². The van der Waals surface area contributed by atoms with E-state index in [1.165, 1.54) is 5.56 Å². The highest BCUT2D eigenvalue weighted by Crippen LogP contribution is 2.15. The maximum absolute atomic E-state index is 10.2. The second kappa shape index (κ2) is 10.5. The molecule has 0 heterocycles. The number of nitrogens with one attached hydrogen (secondary N) is 4. The molecule has 0 bridgehead atoms. The van der Waals surface area contributed by atoms with Gasteiger partial charge in [0.05, 0.1) is 0 Å². The zero-order chi connectivity index (χ0) is 18.8. The summed E-state index contributed by atoms with van der Waals surface area (Å²) in [6, 6.07) is 9.09. The van der Waals surface area contributed by atoms with Gasteiger partial charge in [0.1, 0.15) is 6.04 Å². The monoisotopic (exact) mass is 354 g/mol. The number of rotatable bonds is 5. The number of aliphatic carboxylic acids is 1. The van der Waals surface area contributed by atoms with Gasteiger partial charge in [-0.2, -0.15) is 12.6 Å². The van der Waals surface area contributed by atoms with Crippen molar-refractivity contribution in [3.63, 3.8) is 0 Å². The Balaban J connectivity index is 0.000000506. The summed E-state index contributed by atoms with van der Waals surface area (Å²) in [6.45, 7) is 3.97. The van der Waals surface area contributed by atoms with Gasteiger partial charge in [-0.3, -0.25) is 20.9 Å². The molecule has 0 aromatic heterocycles. The molecule has 134 valence electrons. The Morgan fingerprint density at radius 3 is 2.25 bits per heavy atom. The van der Waals surface area contributed by atoms with Crippen LogP contribution in [0.15, 0.2) is 30.3 Å². The number of thiol groups is 1. The standard InChI is InChI=1S/C10H15N5.C5H11NO2S/c11-9(12)15-10(13)14-7-6-8-4-2-1-3-5-8;1-5(2,9)3(6)4(7)8/h1-5H,6-7H2,(H6,11,12,13,14,15);3,9H,6H2,1-2H3,(H,7,8)/t;3-/m.0/s1. The van der Waals surface area contributed by atoms with Crippen LogP contribution in [0.2, 0.25) is 0 Å². The molecule has 0 saturated carbocycles. The molecule has 0 amide bonds. The van der Waals surface area contributed by atoms with Crippen molar-refractivity contribution in [1.29, 1.82) is 10.8 Å². The highest BCUT2D eigenvalue weighted by Gasteiger charge is 2.27. The minimum atomic E-state index is -1.02. The van der Waals surface area contributed by atoms with Crippen LogP contribution in [0, 0.1) is 10.8 Å². The predicted molar refractivity (Wildman–Crippen MR) is 99.6 cm³/mol. The number of carboxylic acid groups (broad SMARTS) is 1. The zero-order valence-corrected chi connectivity index (χ0v) is 14.7. The maximum Gasteiger partial charge on any atom is 0.321 e. The second-order valence-corrected chi connectivity index (χ2v) is 6.70. The Bertz CT molecular complexity index is 545. The number of hydrogen-bond acceptors (Lipinski definition) is 5. The molecular formula is C15H26N6O2S.